The van der Waals surface area contributed by atoms with E-state index in [1.165, 1.54) is 22.3 Å². The van der Waals surface area contributed by atoms with Crippen LogP contribution in [-0.4, -0.2) is 11.9 Å². The Morgan fingerprint density at radius 2 is 1.66 bits per heavy atom. The Morgan fingerprint density at radius 1 is 1.00 bits per heavy atom. The fourth-order valence-corrected chi connectivity index (χ4v) is 3.70. The molecule has 0 aliphatic rings. The molecular formula is C34H47N. The van der Waals surface area contributed by atoms with Crippen molar-refractivity contribution in [2.24, 2.45) is 5.92 Å². The Labute approximate surface area is 216 Å². The average molecular weight is 470 g/mol. The molecule has 1 rings (SSSR count). The van der Waals surface area contributed by atoms with E-state index in [9.17, 15) is 0 Å². The third-order valence-corrected chi connectivity index (χ3v) is 6.60. The molecule has 0 fully saturated rings. The van der Waals surface area contributed by atoms with Crippen LogP contribution in [0, 0.1) is 5.92 Å². The third-order valence-electron chi connectivity index (χ3n) is 6.60. The van der Waals surface area contributed by atoms with Gasteiger partial charge in [0, 0.05) is 24.0 Å². The lowest BCUT2D eigenvalue weighted by Gasteiger charge is -2.27. The second-order valence-electron chi connectivity index (χ2n) is 9.78. The smallest absolute Gasteiger partial charge is 0.0409 e. The molecule has 1 heteroatoms. The second-order valence-corrected chi connectivity index (χ2v) is 9.78. The largest absolute Gasteiger partial charge is 0.348 e. The molecule has 1 atom stereocenters. The van der Waals surface area contributed by atoms with Crippen molar-refractivity contribution in [3.63, 3.8) is 0 Å². The van der Waals surface area contributed by atoms with Gasteiger partial charge in [-0.25, -0.2) is 0 Å². The molecule has 1 unspecified atom stereocenters. The summed E-state index contributed by atoms with van der Waals surface area (Å²) in [6.45, 7) is 31.8. The van der Waals surface area contributed by atoms with Crippen LogP contribution in [0.2, 0.25) is 0 Å². The van der Waals surface area contributed by atoms with Crippen molar-refractivity contribution in [3.8, 4) is 0 Å². The Bertz CT molecular complexity index is 1050. The maximum absolute atomic E-state index is 4.52. The third kappa shape index (κ3) is 8.91. The molecule has 0 radical (unpaired) electrons. The fraction of sp³-hybridized carbons (Fsp3) is 0.353. The Kier molecular flexibility index (Phi) is 12.3. The van der Waals surface area contributed by atoms with Crippen LogP contribution in [0.3, 0.4) is 0 Å². The first-order valence-electron chi connectivity index (χ1n) is 12.7. The standard InChI is InChI=1S/C34H47N/c1-13-16-28(9)33-22-21-32(31(14-2)20-19-27(8)25(5)6)23-34(33)30(11)35(12)29(10)18-15-17-26(7)24(3)4/h14-15,17-23,25,28H,3,7-8,11,13,16H2,1-2,4-6,9-10,12H3/b17-15-,20-19-,29-18+,31-14+. The van der Waals surface area contributed by atoms with Crippen LogP contribution in [0.4, 0.5) is 0 Å². The Balaban J connectivity index is 3.43. The van der Waals surface area contributed by atoms with Gasteiger partial charge < -0.3 is 4.90 Å². The van der Waals surface area contributed by atoms with Gasteiger partial charge in [0.2, 0.25) is 0 Å². The van der Waals surface area contributed by atoms with E-state index in [0.717, 1.165) is 41.0 Å². The molecule has 0 saturated heterocycles. The molecule has 0 N–H and O–H groups in total. The van der Waals surface area contributed by atoms with Crippen molar-refractivity contribution in [2.75, 3.05) is 7.05 Å². The molecule has 0 saturated carbocycles. The summed E-state index contributed by atoms with van der Waals surface area (Å²) < 4.78 is 0. The van der Waals surface area contributed by atoms with E-state index < -0.39 is 0 Å². The molecule has 1 nitrogen and oxygen atoms in total. The molecule has 0 spiro atoms. The van der Waals surface area contributed by atoms with Gasteiger partial charge in [0.1, 0.15) is 0 Å². The van der Waals surface area contributed by atoms with Gasteiger partial charge in [-0.2, -0.15) is 0 Å². The van der Waals surface area contributed by atoms with E-state index in [1.807, 2.05) is 19.1 Å². The highest BCUT2D eigenvalue weighted by Gasteiger charge is 2.17. The molecule has 0 amide bonds. The molecule has 0 bridgehead atoms. The first-order chi connectivity index (χ1) is 16.4. The van der Waals surface area contributed by atoms with Gasteiger partial charge in [0.15, 0.2) is 0 Å². The first-order valence-corrected chi connectivity index (χ1v) is 12.7. The van der Waals surface area contributed by atoms with Gasteiger partial charge in [-0.15, -0.1) is 0 Å². The zero-order chi connectivity index (χ0) is 26.7. The average Bonchev–Trinajstić information content (AvgIpc) is 2.82. The van der Waals surface area contributed by atoms with Gasteiger partial charge in [-0.3, -0.25) is 0 Å². The minimum absolute atomic E-state index is 0.432. The number of hydrogen-bond donors (Lipinski definition) is 0. The quantitative estimate of drug-likeness (QED) is 0.260. The molecule has 0 heterocycles. The summed E-state index contributed by atoms with van der Waals surface area (Å²) in [6, 6.07) is 6.82. The van der Waals surface area contributed by atoms with Crippen LogP contribution in [0.25, 0.3) is 11.3 Å². The van der Waals surface area contributed by atoms with Crippen molar-refractivity contribution >= 4 is 11.3 Å². The summed E-state index contributed by atoms with van der Waals surface area (Å²) >= 11 is 0. The molecule has 188 valence electrons. The maximum Gasteiger partial charge on any atom is 0.0409 e. The number of hydrogen-bond acceptors (Lipinski definition) is 1. The molecule has 35 heavy (non-hydrogen) atoms. The highest BCUT2D eigenvalue weighted by molar-refractivity contribution is 5.78. The second kappa shape index (κ2) is 14.4. The van der Waals surface area contributed by atoms with Crippen molar-refractivity contribution in [1.29, 1.82) is 0 Å². The zero-order valence-electron chi connectivity index (χ0n) is 23.5. The monoisotopic (exact) mass is 469 g/mol. The van der Waals surface area contributed by atoms with Crippen LogP contribution >= 0.6 is 0 Å². The van der Waals surface area contributed by atoms with E-state index in [1.54, 1.807) is 0 Å². The lowest BCUT2D eigenvalue weighted by atomic mass is 9.88. The van der Waals surface area contributed by atoms with E-state index in [-0.39, 0.29) is 0 Å². The van der Waals surface area contributed by atoms with Crippen LogP contribution in [0.1, 0.15) is 83.9 Å². The lowest BCUT2D eigenvalue weighted by Crippen LogP contribution is -2.15. The Morgan fingerprint density at radius 3 is 2.20 bits per heavy atom. The minimum atomic E-state index is 0.432. The summed E-state index contributed by atoms with van der Waals surface area (Å²) in [5.74, 6) is 0.893. The molecule has 1 aromatic rings. The van der Waals surface area contributed by atoms with Gasteiger partial charge in [0.05, 0.1) is 0 Å². The van der Waals surface area contributed by atoms with E-state index in [0.29, 0.717) is 11.8 Å². The van der Waals surface area contributed by atoms with Crippen LogP contribution < -0.4 is 0 Å². The van der Waals surface area contributed by atoms with Gasteiger partial charge >= 0.3 is 0 Å². The summed E-state index contributed by atoms with van der Waals surface area (Å²) in [4.78, 5) is 2.17. The van der Waals surface area contributed by atoms with Crippen molar-refractivity contribution in [3.05, 3.63) is 120 Å². The normalized spacial score (nSPS) is 13.5. The van der Waals surface area contributed by atoms with Gasteiger partial charge in [-0.1, -0.05) is 114 Å². The molecule has 0 aliphatic heterocycles. The van der Waals surface area contributed by atoms with Crippen LogP contribution in [-0.2, 0) is 0 Å². The number of nitrogens with zero attached hydrogens (tertiary/aromatic N) is 1. The topological polar surface area (TPSA) is 3.24 Å². The van der Waals surface area contributed by atoms with E-state index in [2.05, 4.69) is 122 Å². The minimum Gasteiger partial charge on any atom is -0.348 e. The highest BCUT2D eigenvalue weighted by atomic mass is 15.1. The fourth-order valence-electron chi connectivity index (χ4n) is 3.70. The lowest BCUT2D eigenvalue weighted by molar-refractivity contribution is 0.594. The number of benzene rings is 1. The van der Waals surface area contributed by atoms with E-state index in [4.69, 9.17) is 0 Å². The SMILES string of the molecule is C=C(C)C(=C)/C=C\C=C(/C)N(C)C(=C)c1cc(C(/C=C\C(=C)C(C)C)=C/C)ccc1C(C)CCC. The van der Waals surface area contributed by atoms with E-state index >= 15 is 0 Å². The predicted molar refractivity (Wildman–Crippen MR) is 160 cm³/mol. The maximum atomic E-state index is 4.52. The summed E-state index contributed by atoms with van der Waals surface area (Å²) in [5, 5.41) is 0. The van der Waals surface area contributed by atoms with Gasteiger partial charge in [0.25, 0.3) is 0 Å². The summed E-state index contributed by atoms with van der Waals surface area (Å²) in [6.07, 6.45) is 14.9. The summed E-state index contributed by atoms with van der Waals surface area (Å²) in [7, 11) is 2.08. The first kappa shape index (κ1) is 30.0. The van der Waals surface area contributed by atoms with Crippen molar-refractivity contribution in [1.82, 2.24) is 4.90 Å². The predicted octanol–water partition coefficient (Wildman–Crippen LogP) is 10.3. The number of allylic oxidation sites excluding steroid dienone is 11. The van der Waals surface area contributed by atoms with Crippen molar-refractivity contribution in [2.45, 2.75) is 67.2 Å². The van der Waals surface area contributed by atoms with Crippen LogP contribution in [0.5, 0.6) is 0 Å². The summed E-state index contributed by atoms with van der Waals surface area (Å²) in [5.41, 5.74) is 10.1. The van der Waals surface area contributed by atoms with Gasteiger partial charge in [-0.05, 0) is 73.4 Å². The molecule has 1 aromatic carbocycles. The molecule has 0 aliphatic carbocycles. The zero-order valence-corrected chi connectivity index (χ0v) is 23.5. The molecular weight excluding hydrogens is 422 g/mol. The number of rotatable bonds is 13. The molecule has 0 aromatic heterocycles. The van der Waals surface area contributed by atoms with Crippen LogP contribution in [0.15, 0.2) is 103 Å². The Hall–Kier alpha value is -3.06. The highest BCUT2D eigenvalue weighted by Crippen LogP contribution is 2.33. The van der Waals surface area contributed by atoms with Crippen molar-refractivity contribution < 1.29 is 0 Å².